The van der Waals surface area contributed by atoms with Crippen molar-refractivity contribution < 1.29 is 4.79 Å². The van der Waals surface area contributed by atoms with Gasteiger partial charge < -0.3 is 4.90 Å². The third-order valence-electron chi connectivity index (χ3n) is 3.79. The molecule has 1 saturated heterocycles. The second kappa shape index (κ2) is 5.33. The highest BCUT2D eigenvalue weighted by atomic mass is 16.2. The van der Waals surface area contributed by atoms with Gasteiger partial charge in [-0.1, -0.05) is 39.8 Å². The fourth-order valence-corrected chi connectivity index (χ4v) is 2.41. The molecule has 0 unspecified atom stereocenters. The van der Waals surface area contributed by atoms with Gasteiger partial charge in [0.1, 0.15) is 0 Å². The van der Waals surface area contributed by atoms with Crippen LogP contribution in [0.1, 0.15) is 33.3 Å². The van der Waals surface area contributed by atoms with E-state index in [1.807, 2.05) is 4.90 Å². The van der Waals surface area contributed by atoms with E-state index in [0.717, 1.165) is 25.3 Å². The van der Waals surface area contributed by atoms with E-state index in [1.54, 1.807) is 0 Å². The molecule has 0 spiro atoms. The van der Waals surface area contributed by atoms with Gasteiger partial charge in [0.2, 0.25) is 5.91 Å². The van der Waals surface area contributed by atoms with Crippen LogP contribution in [-0.4, -0.2) is 37.0 Å². The number of nitrogens with zero attached hydrogens (tertiary/aromatic N) is 2. The second-order valence-electron chi connectivity index (χ2n) is 6.21. The predicted molar refractivity (Wildman–Crippen MR) is 79.6 cm³/mol. The molecule has 1 aromatic rings. The molecule has 0 atom stereocenters. The van der Waals surface area contributed by atoms with E-state index in [1.165, 1.54) is 5.56 Å². The van der Waals surface area contributed by atoms with Crippen LogP contribution in [0.15, 0.2) is 24.3 Å². The molecule has 1 amide bonds. The number of carbonyl (C=O) groups is 1. The quantitative estimate of drug-likeness (QED) is 0.816. The largest absolute Gasteiger partial charge is 0.310 e. The SMILES string of the molecule is CCN1CCN(c2ccc(C(C)(C)C)cc2)C(=O)C1. The van der Waals surface area contributed by atoms with Gasteiger partial charge in [0, 0.05) is 18.8 Å². The van der Waals surface area contributed by atoms with Crippen LogP contribution in [0.25, 0.3) is 0 Å². The molecule has 1 aliphatic heterocycles. The average Bonchev–Trinajstić information content (AvgIpc) is 2.37. The zero-order chi connectivity index (χ0) is 14.0. The lowest BCUT2D eigenvalue weighted by Gasteiger charge is -2.34. The number of rotatable bonds is 2. The number of anilines is 1. The number of piperazine rings is 1. The summed E-state index contributed by atoms with van der Waals surface area (Å²) in [5.41, 5.74) is 2.48. The number of hydrogen-bond acceptors (Lipinski definition) is 2. The molecular weight excluding hydrogens is 236 g/mol. The average molecular weight is 260 g/mol. The molecule has 1 aromatic carbocycles. The molecule has 0 aromatic heterocycles. The highest BCUT2D eigenvalue weighted by Gasteiger charge is 2.24. The number of likely N-dealkylation sites (N-methyl/N-ethyl adjacent to an activating group) is 1. The summed E-state index contributed by atoms with van der Waals surface area (Å²) in [7, 11) is 0. The minimum absolute atomic E-state index is 0.156. The minimum Gasteiger partial charge on any atom is -0.310 e. The van der Waals surface area contributed by atoms with E-state index >= 15 is 0 Å². The van der Waals surface area contributed by atoms with Gasteiger partial charge in [-0.05, 0) is 29.7 Å². The van der Waals surface area contributed by atoms with Crippen molar-refractivity contribution in [2.75, 3.05) is 31.1 Å². The van der Waals surface area contributed by atoms with Crippen LogP contribution in [-0.2, 0) is 10.2 Å². The normalized spacial score (nSPS) is 17.9. The Labute approximate surface area is 116 Å². The number of carbonyl (C=O) groups excluding carboxylic acids is 1. The first-order valence-electron chi connectivity index (χ1n) is 7.05. The molecule has 104 valence electrons. The van der Waals surface area contributed by atoms with Crippen LogP contribution in [0.4, 0.5) is 5.69 Å². The summed E-state index contributed by atoms with van der Waals surface area (Å²) >= 11 is 0. The molecule has 19 heavy (non-hydrogen) atoms. The Morgan fingerprint density at radius 1 is 1.11 bits per heavy atom. The first-order chi connectivity index (χ1) is 8.91. The molecule has 1 aliphatic rings. The summed E-state index contributed by atoms with van der Waals surface area (Å²) < 4.78 is 0. The second-order valence-corrected chi connectivity index (χ2v) is 6.21. The van der Waals surface area contributed by atoms with Gasteiger partial charge in [0.15, 0.2) is 0 Å². The van der Waals surface area contributed by atoms with Crippen LogP contribution in [0.5, 0.6) is 0 Å². The van der Waals surface area contributed by atoms with Crippen molar-refractivity contribution in [3.8, 4) is 0 Å². The van der Waals surface area contributed by atoms with Crippen LogP contribution < -0.4 is 4.90 Å². The van der Waals surface area contributed by atoms with Crippen molar-refractivity contribution in [1.29, 1.82) is 0 Å². The van der Waals surface area contributed by atoms with Crippen molar-refractivity contribution in [2.45, 2.75) is 33.1 Å². The van der Waals surface area contributed by atoms with Gasteiger partial charge in [-0.25, -0.2) is 0 Å². The van der Waals surface area contributed by atoms with Crippen molar-refractivity contribution in [3.05, 3.63) is 29.8 Å². The van der Waals surface area contributed by atoms with Gasteiger partial charge in [-0.3, -0.25) is 9.69 Å². The third kappa shape index (κ3) is 3.16. The van der Waals surface area contributed by atoms with Gasteiger partial charge in [0.05, 0.1) is 6.54 Å². The molecule has 1 heterocycles. The highest BCUT2D eigenvalue weighted by molar-refractivity contribution is 5.95. The van der Waals surface area contributed by atoms with Gasteiger partial charge >= 0.3 is 0 Å². The van der Waals surface area contributed by atoms with E-state index in [0.29, 0.717) is 6.54 Å². The lowest BCUT2D eigenvalue weighted by molar-refractivity contribution is -0.121. The Bertz CT molecular complexity index is 445. The van der Waals surface area contributed by atoms with Crippen molar-refractivity contribution >= 4 is 11.6 Å². The maximum absolute atomic E-state index is 12.1. The first kappa shape index (κ1) is 14.1. The number of hydrogen-bond donors (Lipinski definition) is 0. The third-order valence-corrected chi connectivity index (χ3v) is 3.79. The van der Waals surface area contributed by atoms with Crippen molar-refractivity contribution in [2.24, 2.45) is 0 Å². The van der Waals surface area contributed by atoms with Crippen LogP contribution in [0.2, 0.25) is 0 Å². The van der Waals surface area contributed by atoms with E-state index in [-0.39, 0.29) is 11.3 Å². The molecule has 0 saturated carbocycles. The van der Waals surface area contributed by atoms with E-state index in [4.69, 9.17) is 0 Å². The lowest BCUT2D eigenvalue weighted by Crippen LogP contribution is -2.50. The summed E-state index contributed by atoms with van der Waals surface area (Å²) in [6.45, 7) is 11.9. The maximum Gasteiger partial charge on any atom is 0.241 e. The zero-order valence-corrected chi connectivity index (χ0v) is 12.4. The summed E-state index contributed by atoms with van der Waals surface area (Å²) in [5, 5.41) is 0. The zero-order valence-electron chi connectivity index (χ0n) is 12.4. The molecule has 0 N–H and O–H groups in total. The number of benzene rings is 1. The Morgan fingerprint density at radius 2 is 1.74 bits per heavy atom. The van der Waals surface area contributed by atoms with Crippen molar-refractivity contribution in [1.82, 2.24) is 4.90 Å². The summed E-state index contributed by atoms with van der Waals surface area (Å²) in [6.07, 6.45) is 0. The molecule has 3 nitrogen and oxygen atoms in total. The maximum atomic E-state index is 12.1. The van der Waals surface area contributed by atoms with Crippen LogP contribution >= 0.6 is 0 Å². The summed E-state index contributed by atoms with van der Waals surface area (Å²) in [4.78, 5) is 16.2. The van der Waals surface area contributed by atoms with Gasteiger partial charge in [-0.15, -0.1) is 0 Å². The summed E-state index contributed by atoms with van der Waals surface area (Å²) in [6, 6.07) is 8.41. The molecule has 0 radical (unpaired) electrons. The van der Waals surface area contributed by atoms with E-state index < -0.39 is 0 Å². The fourth-order valence-electron chi connectivity index (χ4n) is 2.41. The summed E-state index contributed by atoms with van der Waals surface area (Å²) in [5.74, 6) is 0.205. The Morgan fingerprint density at radius 3 is 2.21 bits per heavy atom. The van der Waals surface area contributed by atoms with Crippen molar-refractivity contribution in [3.63, 3.8) is 0 Å². The van der Waals surface area contributed by atoms with Gasteiger partial charge in [0.25, 0.3) is 0 Å². The molecule has 0 bridgehead atoms. The smallest absolute Gasteiger partial charge is 0.241 e. The van der Waals surface area contributed by atoms with Crippen LogP contribution in [0, 0.1) is 0 Å². The lowest BCUT2D eigenvalue weighted by atomic mass is 9.87. The molecule has 0 aliphatic carbocycles. The monoisotopic (exact) mass is 260 g/mol. The van der Waals surface area contributed by atoms with E-state index in [9.17, 15) is 4.79 Å². The first-order valence-corrected chi connectivity index (χ1v) is 7.05. The molecule has 2 rings (SSSR count). The Balaban J connectivity index is 2.13. The fraction of sp³-hybridized carbons (Fsp3) is 0.562. The standard InChI is InChI=1S/C16H24N2O/c1-5-17-10-11-18(15(19)12-17)14-8-6-13(7-9-14)16(2,3)4/h6-9H,5,10-12H2,1-4H3. The van der Waals surface area contributed by atoms with E-state index in [2.05, 4.69) is 56.9 Å². The highest BCUT2D eigenvalue weighted by Crippen LogP contribution is 2.25. The molecule has 1 fully saturated rings. The van der Waals surface area contributed by atoms with Crippen LogP contribution in [0.3, 0.4) is 0 Å². The molecular formula is C16H24N2O. The predicted octanol–water partition coefficient (Wildman–Crippen LogP) is 2.65. The van der Waals surface area contributed by atoms with Gasteiger partial charge in [-0.2, -0.15) is 0 Å². The topological polar surface area (TPSA) is 23.6 Å². The molecule has 3 heteroatoms. The number of amides is 1. The Hall–Kier alpha value is -1.35. The Kier molecular flexibility index (Phi) is 3.95. The minimum atomic E-state index is 0.156.